The van der Waals surface area contributed by atoms with Crippen molar-refractivity contribution in [1.29, 1.82) is 0 Å². The van der Waals surface area contributed by atoms with Crippen LogP contribution < -0.4 is 10.7 Å². The van der Waals surface area contributed by atoms with E-state index < -0.39 is 11.5 Å². The minimum Gasteiger partial charge on any atom is -0.365 e. The first-order valence-corrected chi connectivity index (χ1v) is 8.77. The second-order valence-electron chi connectivity index (χ2n) is 7.88. The number of carbonyl (C=O) groups excluding carboxylic acids is 2. The van der Waals surface area contributed by atoms with Crippen LogP contribution in [-0.2, 0) is 9.53 Å². The summed E-state index contributed by atoms with van der Waals surface area (Å²) in [7, 11) is 0. The van der Waals surface area contributed by atoms with E-state index in [4.69, 9.17) is 4.74 Å². The Morgan fingerprint density at radius 3 is 2.68 bits per heavy atom. The lowest BCUT2D eigenvalue weighted by atomic mass is 9.74. The Morgan fingerprint density at radius 1 is 1.36 bits per heavy atom. The predicted molar refractivity (Wildman–Crippen MR) is 85.8 cm³/mol. The second-order valence-corrected chi connectivity index (χ2v) is 7.88. The van der Waals surface area contributed by atoms with E-state index in [1.807, 2.05) is 4.90 Å². The Labute approximate surface area is 143 Å². The molecule has 8 nitrogen and oxygen atoms in total. The zero-order valence-corrected chi connectivity index (χ0v) is 13.9. The van der Waals surface area contributed by atoms with Gasteiger partial charge >= 0.3 is 0 Å². The van der Waals surface area contributed by atoms with Crippen molar-refractivity contribution >= 4 is 11.8 Å². The number of aryl methyl sites for hydroxylation is 1. The first kappa shape index (κ1) is 15.1. The van der Waals surface area contributed by atoms with E-state index in [2.05, 4.69) is 15.5 Å². The molecule has 4 heterocycles. The van der Waals surface area contributed by atoms with Crippen molar-refractivity contribution in [3.63, 3.8) is 0 Å². The molecule has 8 heteroatoms. The van der Waals surface area contributed by atoms with Gasteiger partial charge in [0.1, 0.15) is 5.60 Å². The summed E-state index contributed by atoms with van der Waals surface area (Å²) < 4.78 is 5.70. The van der Waals surface area contributed by atoms with Gasteiger partial charge in [0.25, 0.3) is 11.8 Å². The van der Waals surface area contributed by atoms with Gasteiger partial charge in [-0.2, -0.15) is 5.10 Å². The number of likely N-dealkylation sites (tertiary alicyclic amines) is 1. The minimum absolute atomic E-state index is 0.0233. The van der Waals surface area contributed by atoms with Crippen LogP contribution in [0.4, 0.5) is 0 Å². The highest BCUT2D eigenvalue weighted by Crippen LogP contribution is 2.52. The van der Waals surface area contributed by atoms with Gasteiger partial charge in [0.05, 0.1) is 6.61 Å². The third-order valence-electron chi connectivity index (χ3n) is 6.14. The average molecular weight is 344 g/mol. The number of hydrogen-bond acceptors (Lipinski definition) is 5. The molecule has 1 unspecified atom stereocenters. The largest absolute Gasteiger partial charge is 0.365 e. The number of hydrogen-bond donors (Lipinski definition) is 2. The topological polar surface area (TPSA) is 104 Å². The van der Waals surface area contributed by atoms with E-state index in [1.165, 1.54) is 6.07 Å². The molecule has 25 heavy (non-hydrogen) atoms. The number of nitrogens with zero attached hydrogens (tertiary/aromatic N) is 2. The van der Waals surface area contributed by atoms with Crippen LogP contribution in [0, 0.1) is 24.7 Å². The van der Waals surface area contributed by atoms with Crippen molar-refractivity contribution in [2.75, 3.05) is 19.7 Å². The molecule has 2 bridgehead atoms. The van der Waals surface area contributed by atoms with Gasteiger partial charge in [-0.05, 0) is 25.7 Å². The van der Waals surface area contributed by atoms with E-state index in [0.29, 0.717) is 31.3 Å². The highest BCUT2D eigenvalue weighted by Gasteiger charge is 2.63. The van der Waals surface area contributed by atoms with E-state index in [0.717, 1.165) is 12.8 Å². The van der Waals surface area contributed by atoms with Gasteiger partial charge in [-0.1, -0.05) is 0 Å². The fourth-order valence-corrected chi connectivity index (χ4v) is 4.70. The van der Waals surface area contributed by atoms with Crippen LogP contribution in [-0.4, -0.2) is 58.3 Å². The van der Waals surface area contributed by atoms with Crippen molar-refractivity contribution in [3.05, 3.63) is 27.7 Å². The fourth-order valence-electron chi connectivity index (χ4n) is 4.70. The molecule has 5 aliphatic rings. The maximum atomic E-state index is 12.7. The number of H-pyrrole nitrogens is 1. The summed E-state index contributed by atoms with van der Waals surface area (Å²) in [4.78, 5) is 38.6. The van der Waals surface area contributed by atoms with Gasteiger partial charge in [0.2, 0.25) is 5.43 Å². The number of fused-ring (bicyclic) bond motifs is 2. The highest BCUT2D eigenvalue weighted by molar-refractivity contribution is 5.92. The van der Waals surface area contributed by atoms with Crippen molar-refractivity contribution in [3.8, 4) is 0 Å². The maximum Gasteiger partial charge on any atom is 0.276 e. The average Bonchev–Trinajstić information content (AvgIpc) is 3.03. The van der Waals surface area contributed by atoms with Crippen LogP contribution >= 0.6 is 0 Å². The number of rotatable bonds is 3. The van der Waals surface area contributed by atoms with Crippen LogP contribution in [0.1, 0.15) is 29.0 Å². The Kier molecular flexibility index (Phi) is 2.96. The molecule has 2 saturated carbocycles. The maximum absolute atomic E-state index is 12.7. The van der Waals surface area contributed by atoms with Crippen LogP contribution in [0.2, 0.25) is 0 Å². The summed E-state index contributed by atoms with van der Waals surface area (Å²) in [5.74, 6) is 0.777. The second kappa shape index (κ2) is 4.91. The van der Waals surface area contributed by atoms with Gasteiger partial charge in [0.15, 0.2) is 5.69 Å². The molecular weight excluding hydrogens is 324 g/mol. The first-order chi connectivity index (χ1) is 12.0. The van der Waals surface area contributed by atoms with Gasteiger partial charge in [-0.15, -0.1) is 0 Å². The van der Waals surface area contributed by atoms with Gasteiger partial charge in [-0.3, -0.25) is 19.5 Å². The van der Waals surface area contributed by atoms with Crippen LogP contribution in [0.5, 0.6) is 0 Å². The summed E-state index contributed by atoms with van der Waals surface area (Å²) in [6.07, 6.45) is 1.72. The highest BCUT2D eigenvalue weighted by atomic mass is 16.5. The van der Waals surface area contributed by atoms with Crippen molar-refractivity contribution in [1.82, 2.24) is 20.4 Å². The molecule has 2 N–H and O–H groups in total. The number of aromatic nitrogens is 2. The number of aromatic amines is 1. The standard InChI is InChI=1S/C17H20N4O4/c1-8-2-12(22)14(20-19-8)15(23)18-13-10-5-21(6-11(10)13)16(24)17-3-9(4-17)7-25-17/h2,9-11,13H,3-7H2,1H3,(H,18,23)(H,19,22)/t9?,10-,11+,13?,17?. The van der Waals surface area contributed by atoms with E-state index in [-0.39, 0.29) is 34.9 Å². The molecule has 0 radical (unpaired) electrons. The van der Waals surface area contributed by atoms with Crippen LogP contribution in [0.25, 0.3) is 0 Å². The number of piperidine rings is 1. The number of ether oxygens (including phenoxy) is 1. The molecule has 2 aliphatic carbocycles. The molecule has 5 fully saturated rings. The lowest BCUT2D eigenvalue weighted by Crippen LogP contribution is -2.53. The third-order valence-corrected chi connectivity index (χ3v) is 6.14. The van der Waals surface area contributed by atoms with Crippen LogP contribution in [0.3, 0.4) is 0 Å². The SMILES string of the molecule is Cc1cc(=O)c(C(=O)NC2[C@H]3CN(C(=O)C45CC(CO4)C5)C[C@@H]23)n[nH]1. The molecule has 0 spiro atoms. The zero-order valence-electron chi connectivity index (χ0n) is 13.9. The van der Waals surface area contributed by atoms with Crippen molar-refractivity contribution in [2.24, 2.45) is 17.8 Å². The fraction of sp³-hybridized carbons (Fsp3) is 0.647. The molecule has 3 atom stereocenters. The molecule has 3 saturated heterocycles. The summed E-state index contributed by atoms with van der Waals surface area (Å²) in [5.41, 5.74) is -0.416. The molecule has 3 aliphatic heterocycles. The van der Waals surface area contributed by atoms with Crippen LogP contribution in [0.15, 0.2) is 10.9 Å². The summed E-state index contributed by atoms with van der Waals surface area (Å²) in [6, 6.07) is 1.39. The van der Waals surface area contributed by atoms with E-state index >= 15 is 0 Å². The molecule has 132 valence electrons. The summed E-state index contributed by atoms with van der Waals surface area (Å²) in [6.45, 7) is 3.73. The Bertz CT molecular complexity index is 811. The molecule has 1 aromatic rings. The minimum atomic E-state index is -0.542. The summed E-state index contributed by atoms with van der Waals surface area (Å²) >= 11 is 0. The quantitative estimate of drug-likeness (QED) is 0.765. The van der Waals surface area contributed by atoms with Gasteiger partial charge < -0.3 is 15.0 Å². The molecule has 1 aromatic heterocycles. The molecule has 2 amide bonds. The van der Waals surface area contributed by atoms with Crippen molar-refractivity contribution in [2.45, 2.75) is 31.4 Å². The van der Waals surface area contributed by atoms with Gasteiger partial charge in [-0.25, -0.2) is 0 Å². The first-order valence-electron chi connectivity index (χ1n) is 8.77. The van der Waals surface area contributed by atoms with Crippen molar-refractivity contribution < 1.29 is 14.3 Å². The number of nitrogens with one attached hydrogen (secondary N) is 2. The lowest BCUT2D eigenvalue weighted by Gasteiger charge is -2.38. The Balaban J connectivity index is 1.19. The van der Waals surface area contributed by atoms with Gasteiger partial charge in [0, 0.05) is 42.7 Å². The number of carbonyl (C=O) groups is 2. The molecule has 6 rings (SSSR count). The molecular formula is C17H20N4O4. The monoisotopic (exact) mass is 344 g/mol. The third kappa shape index (κ3) is 2.16. The summed E-state index contributed by atoms with van der Waals surface area (Å²) in [5, 5.41) is 9.37. The lowest BCUT2D eigenvalue weighted by molar-refractivity contribution is -0.154. The number of amides is 2. The smallest absolute Gasteiger partial charge is 0.276 e. The Hall–Kier alpha value is -2.22. The zero-order chi connectivity index (χ0) is 17.3. The predicted octanol–water partition coefficient (Wildman–Crippen LogP) is -0.556. The van der Waals surface area contributed by atoms with E-state index in [1.54, 1.807) is 6.92 Å². The normalized spacial score (nSPS) is 37.4. The molecule has 0 aromatic carbocycles. The Morgan fingerprint density at radius 2 is 2.08 bits per heavy atom. The van der Waals surface area contributed by atoms with E-state index in [9.17, 15) is 14.4 Å².